The van der Waals surface area contributed by atoms with Gasteiger partial charge in [0, 0.05) is 24.4 Å². The fourth-order valence-corrected chi connectivity index (χ4v) is 1.66. The standard InChI is InChI=1S/C14H13FN2O/c1-18-17-14(9-11-5-7-16-8-6-11)12-3-2-4-13(15)10-12/h2-8,10H,9H2,1H3/b17-14+. The molecular formula is C14H13FN2O. The Balaban J connectivity index is 2.27. The normalized spacial score (nSPS) is 11.3. The van der Waals surface area contributed by atoms with Crippen molar-refractivity contribution in [3.05, 3.63) is 65.7 Å². The minimum atomic E-state index is -0.286. The predicted molar refractivity (Wildman–Crippen MR) is 67.9 cm³/mol. The lowest BCUT2D eigenvalue weighted by atomic mass is 10.0. The SMILES string of the molecule is CO/N=C(\Cc1ccncc1)c1cccc(F)c1. The highest BCUT2D eigenvalue weighted by atomic mass is 19.1. The summed E-state index contributed by atoms with van der Waals surface area (Å²) in [5.41, 5.74) is 2.45. The van der Waals surface area contributed by atoms with Gasteiger partial charge in [-0.3, -0.25) is 4.98 Å². The molecule has 0 unspecified atom stereocenters. The first-order valence-electron chi connectivity index (χ1n) is 5.54. The van der Waals surface area contributed by atoms with Gasteiger partial charge in [-0.15, -0.1) is 0 Å². The Kier molecular flexibility index (Phi) is 4.02. The molecule has 2 aromatic rings. The number of hydrogen-bond donors (Lipinski definition) is 0. The van der Waals surface area contributed by atoms with E-state index in [1.807, 2.05) is 18.2 Å². The molecule has 3 nitrogen and oxygen atoms in total. The van der Waals surface area contributed by atoms with Gasteiger partial charge in [-0.05, 0) is 29.8 Å². The summed E-state index contributed by atoms with van der Waals surface area (Å²) in [4.78, 5) is 8.77. The van der Waals surface area contributed by atoms with Gasteiger partial charge < -0.3 is 4.84 Å². The van der Waals surface area contributed by atoms with Crippen molar-refractivity contribution in [2.45, 2.75) is 6.42 Å². The molecule has 0 aliphatic rings. The molecule has 18 heavy (non-hydrogen) atoms. The number of aromatic nitrogens is 1. The molecule has 0 spiro atoms. The number of nitrogens with zero attached hydrogens (tertiary/aromatic N) is 2. The molecule has 0 atom stereocenters. The van der Waals surface area contributed by atoms with Crippen molar-refractivity contribution in [3.63, 3.8) is 0 Å². The van der Waals surface area contributed by atoms with Crippen molar-refractivity contribution in [2.24, 2.45) is 5.16 Å². The lowest BCUT2D eigenvalue weighted by Gasteiger charge is -2.06. The summed E-state index contributed by atoms with van der Waals surface area (Å²) >= 11 is 0. The van der Waals surface area contributed by atoms with E-state index in [2.05, 4.69) is 10.1 Å². The van der Waals surface area contributed by atoms with Crippen LogP contribution in [0.2, 0.25) is 0 Å². The topological polar surface area (TPSA) is 34.5 Å². The van der Waals surface area contributed by atoms with Gasteiger partial charge in [0.05, 0.1) is 5.71 Å². The summed E-state index contributed by atoms with van der Waals surface area (Å²) in [6.07, 6.45) is 4.00. The molecule has 0 aliphatic carbocycles. The second kappa shape index (κ2) is 5.91. The molecule has 0 radical (unpaired) electrons. The van der Waals surface area contributed by atoms with Gasteiger partial charge in [0.25, 0.3) is 0 Å². The molecule has 0 bridgehead atoms. The van der Waals surface area contributed by atoms with Crippen LogP contribution in [0.15, 0.2) is 53.9 Å². The third-order valence-corrected chi connectivity index (χ3v) is 2.48. The highest BCUT2D eigenvalue weighted by molar-refractivity contribution is 6.01. The number of rotatable bonds is 4. The zero-order valence-electron chi connectivity index (χ0n) is 10.0. The van der Waals surface area contributed by atoms with E-state index < -0.39 is 0 Å². The fraction of sp³-hybridized carbons (Fsp3) is 0.143. The summed E-state index contributed by atoms with van der Waals surface area (Å²) in [6.45, 7) is 0. The predicted octanol–water partition coefficient (Wildman–Crippen LogP) is 2.81. The molecule has 1 aromatic carbocycles. The van der Waals surface area contributed by atoms with Crippen LogP contribution in [0.5, 0.6) is 0 Å². The average molecular weight is 244 g/mol. The second-order valence-electron chi connectivity index (χ2n) is 3.76. The van der Waals surface area contributed by atoms with Crippen molar-refractivity contribution >= 4 is 5.71 Å². The number of hydrogen-bond acceptors (Lipinski definition) is 3. The molecular weight excluding hydrogens is 231 g/mol. The van der Waals surface area contributed by atoms with E-state index in [1.165, 1.54) is 19.2 Å². The summed E-state index contributed by atoms with van der Waals surface area (Å²) in [5, 5.41) is 3.96. The van der Waals surface area contributed by atoms with Crippen molar-refractivity contribution in [3.8, 4) is 0 Å². The van der Waals surface area contributed by atoms with Crippen LogP contribution in [0, 0.1) is 5.82 Å². The van der Waals surface area contributed by atoms with E-state index >= 15 is 0 Å². The Morgan fingerprint density at radius 3 is 2.72 bits per heavy atom. The van der Waals surface area contributed by atoms with Crippen LogP contribution in [0.4, 0.5) is 4.39 Å². The zero-order valence-corrected chi connectivity index (χ0v) is 10.0. The van der Waals surface area contributed by atoms with Gasteiger partial charge in [-0.1, -0.05) is 17.3 Å². The molecule has 2 rings (SSSR count). The highest BCUT2D eigenvalue weighted by Gasteiger charge is 2.07. The first kappa shape index (κ1) is 12.2. The molecule has 0 fully saturated rings. The maximum absolute atomic E-state index is 13.2. The van der Waals surface area contributed by atoms with Crippen LogP contribution in [-0.4, -0.2) is 17.8 Å². The fourth-order valence-electron chi connectivity index (χ4n) is 1.66. The van der Waals surface area contributed by atoms with Gasteiger partial charge in [-0.2, -0.15) is 0 Å². The Morgan fingerprint density at radius 1 is 1.28 bits per heavy atom. The van der Waals surface area contributed by atoms with Gasteiger partial charge in [0.1, 0.15) is 12.9 Å². The minimum absolute atomic E-state index is 0.286. The largest absolute Gasteiger partial charge is 0.399 e. The maximum Gasteiger partial charge on any atom is 0.123 e. The monoisotopic (exact) mass is 244 g/mol. The van der Waals surface area contributed by atoms with E-state index in [1.54, 1.807) is 18.5 Å². The van der Waals surface area contributed by atoms with Gasteiger partial charge in [-0.25, -0.2) is 4.39 Å². The second-order valence-corrected chi connectivity index (χ2v) is 3.76. The van der Waals surface area contributed by atoms with E-state index in [-0.39, 0.29) is 5.82 Å². The maximum atomic E-state index is 13.2. The Morgan fingerprint density at radius 2 is 2.06 bits per heavy atom. The Bertz CT molecular complexity index is 541. The summed E-state index contributed by atoms with van der Waals surface area (Å²) in [5.74, 6) is -0.286. The zero-order chi connectivity index (χ0) is 12.8. The van der Waals surface area contributed by atoms with Crippen LogP contribution >= 0.6 is 0 Å². The molecule has 92 valence electrons. The molecule has 0 amide bonds. The smallest absolute Gasteiger partial charge is 0.123 e. The van der Waals surface area contributed by atoms with Crippen molar-refractivity contribution in [1.29, 1.82) is 0 Å². The van der Waals surface area contributed by atoms with Crippen molar-refractivity contribution in [1.82, 2.24) is 4.98 Å². The molecule has 1 heterocycles. The summed E-state index contributed by atoms with van der Waals surface area (Å²) < 4.78 is 13.2. The summed E-state index contributed by atoms with van der Waals surface area (Å²) in [7, 11) is 1.48. The van der Waals surface area contributed by atoms with E-state index in [9.17, 15) is 4.39 Å². The third kappa shape index (κ3) is 3.13. The van der Waals surface area contributed by atoms with Crippen molar-refractivity contribution in [2.75, 3.05) is 7.11 Å². The van der Waals surface area contributed by atoms with Gasteiger partial charge >= 0.3 is 0 Å². The number of oxime groups is 1. The number of halogens is 1. The van der Waals surface area contributed by atoms with Gasteiger partial charge in [0.15, 0.2) is 0 Å². The molecule has 1 aromatic heterocycles. The highest BCUT2D eigenvalue weighted by Crippen LogP contribution is 2.10. The minimum Gasteiger partial charge on any atom is -0.399 e. The van der Waals surface area contributed by atoms with Crippen LogP contribution < -0.4 is 0 Å². The molecule has 0 N–H and O–H groups in total. The van der Waals surface area contributed by atoms with Crippen LogP contribution in [0.1, 0.15) is 11.1 Å². The molecule has 0 saturated carbocycles. The average Bonchev–Trinajstić information content (AvgIpc) is 2.39. The summed E-state index contributed by atoms with van der Waals surface area (Å²) in [6, 6.07) is 10.1. The Hall–Kier alpha value is -2.23. The van der Waals surface area contributed by atoms with E-state index in [0.29, 0.717) is 17.7 Å². The molecule has 0 aliphatic heterocycles. The van der Waals surface area contributed by atoms with E-state index in [4.69, 9.17) is 4.84 Å². The number of benzene rings is 1. The van der Waals surface area contributed by atoms with Crippen LogP contribution in [0.3, 0.4) is 0 Å². The first-order chi connectivity index (χ1) is 8.79. The molecule has 0 saturated heterocycles. The van der Waals surface area contributed by atoms with E-state index in [0.717, 1.165) is 5.56 Å². The quantitative estimate of drug-likeness (QED) is 0.612. The van der Waals surface area contributed by atoms with Crippen LogP contribution in [0.25, 0.3) is 0 Å². The van der Waals surface area contributed by atoms with Crippen LogP contribution in [-0.2, 0) is 11.3 Å². The first-order valence-corrected chi connectivity index (χ1v) is 5.54. The lowest BCUT2D eigenvalue weighted by Crippen LogP contribution is -2.06. The van der Waals surface area contributed by atoms with Gasteiger partial charge in [0.2, 0.25) is 0 Å². The molecule has 4 heteroatoms. The lowest BCUT2D eigenvalue weighted by molar-refractivity contribution is 0.213. The third-order valence-electron chi connectivity index (χ3n) is 2.48. The Labute approximate surface area is 105 Å². The van der Waals surface area contributed by atoms with Crippen molar-refractivity contribution < 1.29 is 9.23 Å². The number of pyridine rings is 1.